The number of carbonyl (C=O) groups excluding carboxylic acids is 2. The van der Waals surface area contributed by atoms with E-state index in [-0.39, 0.29) is 36.1 Å². The third-order valence-corrected chi connectivity index (χ3v) is 5.45. The van der Waals surface area contributed by atoms with Crippen LogP contribution in [0.2, 0.25) is 5.02 Å². The van der Waals surface area contributed by atoms with Crippen LogP contribution in [-0.4, -0.2) is 34.7 Å². The van der Waals surface area contributed by atoms with Crippen molar-refractivity contribution in [2.45, 2.75) is 32.4 Å². The number of benzene rings is 2. The second kappa shape index (κ2) is 11.5. The van der Waals surface area contributed by atoms with Crippen LogP contribution in [0.3, 0.4) is 0 Å². The van der Waals surface area contributed by atoms with E-state index in [1.807, 2.05) is 25.1 Å². The molecule has 1 aromatic heterocycles. The lowest BCUT2D eigenvalue weighted by molar-refractivity contribution is -0.126. The standard InChI is InChI=1S/C22H23ClN4O3S/c1-15(10-11-16-6-3-2-4-7-16)24-19(28)13-30-14-20-26-27-22(31-20)21(29)25-18-9-5-8-17(23)12-18/h2-9,12,15H,10-11,13-14H2,1H3,(H,24,28)(H,25,29). The van der Waals surface area contributed by atoms with E-state index in [1.54, 1.807) is 24.3 Å². The number of amides is 2. The summed E-state index contributed by atoms with van der Waals surface area (Å²) in [5.74, 6) is -0.569. The third kappa shape index (κ3) is 7.75. The number of aryl methyl sites for hydroxylation is 1. The van der Waals surface area contributed by atoms with Crippen molar-refractivity contribution >= 4 is 40.4 Å². The lowest BCUT2D eigenvalue weighted by Crippen LogP contribution is -2.35. The topological polar surface area (TPSA) is 93.2 Å². The Hall–Kier alpha value is -2.81. The average Bonchev–Trinajstić information content (AvgIpc) is 3.22. The number of hydrogen-bond acceptors (Lipinski definition) is 6. The Balaban J connectivity index is 1.37. The number of halogens is 1. The molecule has 7 nitrogen and oxygen atoms in total. The number of anilines is 1. The van der Waals surface area contributed by atoms with Crippen molar-refractivity contribution in [2.24, 2.45) is 0 Å². The molecule has 0 radical (unpaired) electrons. The molecule has 0 spiro atoms. The quantitative estimate of drug-likeness (QED) is 0.477. The Labute approximate surface area is 189 Å². The van der Waals surface area contributed by atoms with E-state index < -0.39 is 0 Å². The molecule has 0 saturated carbocycles. The van der Waals surface area contributed by atoms with Gasteiger partial charge in [0.05, 0.1) is 0 Å². The van der Waals surface area contributed by atoms with Gasteiger partial charge in [-0.2, -0.15) is 0 Å². The zero-order chi connectivity index (χ0) is 22.1. The summed E-state index contributed by atoms with van der Waals surface area (Å²) < 4.78 is 5.42. The summed E-state index contributed by atoms with van der Waals surface area (Å²) in [6.07, 6.45) is 1.74. The molecule has 2 aromatic carbocycles. The number of aromatic nitrogens is 2. The van der Waals surface area contributed by atoms with E-state index in [9.17, 15) is 9.59 Å². The van der Waals surface area contributed by atoms with Crippen LogP contribution < -0.4 is 10.6 Å². The predicted molar refractivity (Wildman–Crippen MR) is 121 cm³/mol. The fourth-order valence-corrected chi connectivity index (χ4v) is 3.66. The Morgan fingerprint density at radius 3 is 2.71 bits per heavy atom. The predicted octanol–water partition coefficient (Wildman–Crippen LogP) is 4.10. The van der Waals surface area contributed by atoms with Crippen molar-refractivity contribution in [1.82, 2.24) is 15.5 Å². The Kier molecular flexibility index (Phi) is 8.52. The zero-order valence-electron chi connectivity index (χ0n) is 17.0. The molecule has 0 aliphatic carbocycles. The van der Waals surface area contributed by atoms with Gasteiger partial charge in [0.1, 0.15) is 18.2 Å². The van der Waals surface area contributed by atoms with Crippen molar-refractivity contribution in [3.63, 3.8) is 0 Å². The lowest BCUT2D eigenvalue weighted by Gasteiger charge is -2.13. The van der Waals surface area contributed by atoms with E-state index in [2.05, 4.69) is 33.0 Å². The molecule has 0 bridgehead atoms. The van der Waals surface area contributed by atoms with E-state index in [1.165, 1.54) is 5.56 Å². The summed E-state index contributed by atoms with van der Waals surface area (Å²) in [6, 6.07) is 17.0. The molecule has 2 amide bonds. The van der Waals surface area contributed by atoms with Crippen LogP contribution in [-0.2, 0) is 22.6 Å². The Morgan fingerprint density at radius 2 is 1.94 bits per heavy atom. The second-order valence-electron chi connectivity index (χ2n) is 6.95. The number of nitrogens with one attached hydrogen (secondary N) is 2. The molecule has 0 aliphatic heterocycles. The molecule has 3 rings (SSSR count). The minimum atomic E-state index is -0.379. The van der Waals surface area contributed by atoms with Gasteiger partial charge in [-0.1, -0.05) is 59.3 Å². The highest BCUT2D eigenvalue weighted by atomic mass is 35.5. The highest BCUT2D eigenvalue weighted by molar-refractivity contribution is 7.13. The van der Waals surface area contributed by atoms with Crippen molar-refractivity contribution < 1.29 is 14.3 Å². The van der Waals surface area contributed by atoms with Crippen molar-refractivity contribution in [1.29, 1.82) is 0 Å². The van der Waals surface area contributed by atoms with Gasteiger partial charge < -0.3 is 15.4 Å². The first kappa shape index (κ1) is 22.9. The summed E-state index contributed by atoms with van der Waals surface area (Å²) in [7, 11) is 0. The molecule has 162 valence electrons. The van der Waals surface area contributed by atoms with Crippen LogP contribution >= 0.6 is 22.9 Å². The SMILES string of the molecule is CC(CCc1ccccc1)NC(=O)COCc1nnc(C(=O)Nc2cccc(Cl)c2)s1. The van der Waals surface area contributed by atoms with Crippen molar-refractivity contribution in [3.8, 4) is 0 Å². The maximum Gasteiger partial charge on any atom is 0.286 e. The third-order valence-electron chi connectivity index (χ3n) is 4.32. The average molecular weight is 459 g/mol. The van der Waals surface area contributed by atoms with Crippen LogP contribution in [0, 0.1) is 0 Å². The van der Waals surface area contributed by atoms with Gasteiger partial charge in [0.15, 0.2) is 0 Å². The first-order valence-corrected chi connectivity index (χ1v) is 11.0. The van der Waals surface area contributed by atoms with Gasteiger partial charge in [-0.05, 0) is 43.5 Å². The van der Waals surface area contributed by atoms with Gasteiger partial charge in [0.25, 0.3) is 5.91 Å². The van der Waals surface area contributed by atoms with Crippen LogP contribution in [0.1, 0.15) is 33.7 Å². The zero-order valence-corrected chi connectivity index (χ0v) is 18.6. The van der Waals surface area contributed by atoms with E-state index >= 15 is 0 Å². The van der Waals surface area contributed by atoms with Crippen LogP contribution in [0.25, 0.3) is 0 Å². The number of carbonyl (C=O) groups is 2. The van der Waals surface area contributed by atoms with Crippen LogP contribution in [0.5, 0.6) is 0 Å². The Bertz CT molecular complexity index is 1010. The molecular formula is C22H23ClN4O3S. The molecule has 2 N–H and O–H groups in total. The largest absolute Gasteiger partial charge is 0.364 e. The maximum absolute atomic E-state index is 12.3. The van der Waals surface area contributed by atoms with E-state index in [0.717, 1.165) is 24.2 Å². The monoisotopic (exact) mass is 458 g/mol. The first-order valence-electron chi connectivity index (χ1n) is 9.80. The van der Waals surface area contributed by atoms with Gasteiger partial charge in [-0.15, -0.1) is 10.2 Å². The summed E-state index contributed by atoms with van der Waals surface area (Å²) in [5, 5.41) is 14.7. The van der Waals surface area contributed by atoms with Gasteiger partial charge in [0.2, 0.25) is 10.9 Å². The summed E-state index contributed by atoms with van der Waals surface area (Å²) in [5.41, 5.74) is 1.81. The second-order valence-corrected chi connectivity index (χ2v) is 8.45. The van der Waals surface area contributed by atoms with Gasteiger partial charge in [0, 0.05) is 16.8 Å². The molecule has 1 unspecified atom stereocenters. The smallest absolute Gasteiger partial charge is 0.286 e. The fourth-order valence-electron chi connectivity index (χ4n) is 2.80. The summed E-state index contributed by atoms with van der Waals surface area (Å²) >= 11 is 7.02. The maximum atomic E-state index is 12.3. The number of nitrogens with zero attached hydrogens (tertiary/aromatic N) is 2. The molecule has 0 saturated heterocycles. The van der Waals surface area contributed by atoms with Gasteiger partial charge in [-0.3, -0.25) is 9.59 Å². The minimum absolute atomic E-state index is 0.0413. The number of rotatable bonds is 10. The van der Waals surface area contributed by atoms with Gasteiger partial charge >= 0.3 is 0 Å². The van der Waals surface area contributed by atoms with E-state index in [4.69, 9.17) is 16.3 Å². The lowest BCUT2D eigenvalue weighted by atomic mass is 10.1. The van der Waals surface area contributed by atoms with Crippen molar-refractivity contribution in [3.05, 3.63) is 75.2 Å². The molecule has 0 fully saturated rings. The fraction of sp³-hybridized carbons (Fsp3) is 0.273. The van der Waals surface area contributed by atoms with Crippen molar-refractivity contribution in [2.75, 3.05) is 11.9 Å². The van der Waals surface area contributed by atoms with Gasteiger partial charge in [-0.25, -0.2) is 0 Å². The molecule has 9 heteroatoms. The molecule has 0 aliphatic rings. The highest BCUT2D eigenvalue weighted by Gasteiger charge is 2.14. The molecule has 31 heavy (non-hydrogen) atoms. The number of ether oxygens (including phenoxy) is 1. The van der Waals surface area contributed by atoms with Crippen LogP contribution in [0.4, 0.5) is 5.69 Å². The summed E-state index contributed by atoms with van der Waals surface area (Å²) in [6.45, 7) is 1.99. The number of hydrogen-bond donors (Lipinski definition) is 2. The minimum Gasteiger partial charge on any atom is -0.364 e. The highest BCUT2D eigenvalue weighted by Crippen LogP contribution is 2.17. The molecule has 1 atom stereocenters. The normalized spacial score (nSPS) is 11.7. The van der Waals surface area contributed by atoms with E-state index in [0.29, 0.717) is 15.7 Å². The van der Waals surface area contributed by atoms with Crippen LogP contribution in [0.15, 0.2) is 54.6 Å². The summed E-state index contributed by atoms with van der Waals surface area (Å²) in [4.78, 5) is 24.3. The first-order chi connectivity index (χ1) is 15.0. The molecular weight excluding hydrogens is 436 g/mol. The Morgan fingerprint density at radius 1 is 1.13 bits per heavy atom. The molecule has 1 heterocycles. The molecule has 3 aromatic rings.